The molecule has 0 fully saturated rings. The van der Waals surface area contributed by atoms with Crippen molar-refractivity contribution in [2.24, 2.45) is 0 Å². The van der Waals surface area contributed by atoms with Gasteiger partial charge in [0.15, 0.2) is 0 Å². The molecule has 0 atom stereocenters. The van der Waals surface area contributed by atoms with Crippen molar-refractivity contribution in [2.75, 3.05) is 13.2 Å². The molecule has 0 aromatic carbocycles. The average molecular weight is 199 g/mol. The van der Waals surface area contributed by atoms with Gasteiger partial charge in [0, 0.05) is 18.0 Å². The molecular weight excluding hydrogens is 182 g/mol. The van der Waals surface area contributed by atoms with E-state index in [-0.39, 0.29) is 0 Å². The molecule has 0 amide bonds. The number of aliphatic hydroxyl groups excluding tert-OH is 1. The molecule has 0 aliphatic rings. The molecule has 3 heteroatoms. The van der Waals surface area contributed by atoms with Crippen LogP contribution in [0, 0.1) is 6.92 Å². The maximum absolute atomic E-state index is 8.57. The Balaban J connectivity index is 2.10. The van der Waals surface area contributed by atoms with E-state index in [0.29, 0.717) is 6.61 Å². The van der Waals surface area contributed by atoms with E-state index in [4.69, 9.17) is 5.11 Å². The van der Waals surface area contributed by atoms with Gasteiger partial charge in [0.1, 0.15) is 0 Å². The second kappa shape index (κ2) is 6.13. The van der Waals surface area contributed by atoms with Crippen molar-refractivity contribution < 1.29 is 5.11 Å². The monoisotopic (exact) mass is 199 g/mol. The summed E-state index contributed by atoms with van der Waals surface area (Å²) in [6.07, 6.45) is 1.96. The molecule has 0 aliphatic carbocycles. The molecule has 2 nitrogen and oxygen atoms in total. The highest BCUT2D eigenvalue weighted by Gasteiger charge is 1.97. The third kappa shape index (κ3) is 3.89. The van der Waals surface area contributed by atoms with Crippen molar-refractivity contribution in [2.45, 2.75) is 26.3 Å². The zero-order valence-electron chi connectivity index (χ0n) is 8.05. The summed E-state index contributed by atoms with van der Waals surface area (Å²) in [5.41, 5.74) is 1.37. The molecule has 2 N–H and O–H groups in total. The van der Waals surface area contributed by atoms with E-state index in [1.807, 2.05) is 0 Å². The summed E-state index contributed by atoms with van der Waals surface area (Å²) in [4.78, 5) is 1.42. The first kappa shape index (κ1) is 10.7. The van der Waals surface area contributed by atoms with Crippen molar-refractivity contribution in [3.63, 3.8) is 0 Å². The van der Waals surface area contributed by atoms with Crippen LogP contribution in [-0.2, 0) is 6.54 Å². The van der Waals surface area contributed by atoms with Crippen LogP contribution < -0.4 is 5.32 Å². The molecule has 0 saturated heterocycles. The van der Waals surface area contributed by atoms with E-state index in [9.17, 15) is 0 Å². The minimum absolute atomic E-state index is 0.305. The Bertz CT molecular complexity index is 235. The quantitative estimate of drug-likeness (QED) is 0.686. The van der Waals surface area contributed by atoms with Crippen LogP contribution in [0.25, 0.3) is 0 Å². The van der Waals surface area contributed by atoms with Crippen LogP contribution in [-0.4, -0.2) is 18.3 Å². The third-order valence-electron chi connectivity index (χ3n) is 2.02. The summed E-state index contributed by atoms with van der Waals surface area (Å²) >= 11 is 1.80. The first-order valence-corrected chi connectivity index (χ1v) is 5.57. The van der Waals surface area contributed by atoms with Crippen LogP contribution in [0.2, 0.25) is 0 Å². The molecule has 13 heavy (non-hydrogen) atoms. The first-order chi connectivity index (χ1) is 6.34. The topological polar surface area (TPSA) is 32.3 Å². The van der Waals surface area contributed by atoms with E-state index < -0.39 is 0 Å². The summed E-state index contributed by atoms with van der Waals surface area (Å²) in [5.74, 6) is 0. The van der Waals surface area contributed by atoms with E-state index in [1.165, 1.54) is 10.4 Å². The maximum Gasteiger partial charge on any atom is 0.0431 e. The van der Waals surface area contributed by atoms with Crippen molar-refractivity contribution >= 4 is 11.3 Å². The van der Waals surface area contributed by atoms with E-state index in [1.54, 1.807) is 11.3 Å². The summed E-state index contributed by atoms with van der Waals surface area (Å²) < 4.78 is 0. The molecule has 1 rings (SSSR count). The summed E-state index contributed by atoms with van der Waals surface area (Å²) in [6.45, 7) is 4.41. The van der Waals surface area contributed by atoms with Crippen LogP contribution in [0.1, 0.15) is 23.3 Å². The van der Waals surface area contributed by atoms with Gasteiger partial charge in [-0.05, 0) is 43.3 Å². The van der Waals surface area contributed by atoms with Crippen LogP contribution in [0.3, 0.4) is 0 Å². The number of unbranched alkanes of at least 4 members (excludes halogenated alkanes) is 1. The van der Waals surface area contributed by atoms with Gasteiger partial charge in [-0.2, -0.15) is 0 Å². The number of aryl methyl sites for hydroxylation is 1. The van der Waals surface area contributed by atoms with E-state index >= 15 is 0 Å². The minimum atomic E-state index is 0.305. The van der Waals surface area contributed by atoms with Crippen molar-refractivity contribution in [3.8, 4) is 0 Å². The number of nitrogens with one attached hydrogen (secondary N) is 1. The first-order valence-electron chi connectivity index (χ1n) is 4.69. The SMILES string of the molecule is Cc1ccsc1CNCCCCO. The minimum Gasteiger partial charge on any atom is -0.396 e. The fourth-order valence-corrected chi connectivity index (χ4v) is 2.02. The van der Waals surface area contributed by atoms with Crippen LogP contribution >= 0.6 is 11.3 Å². The lowest BCUT2D eigenvalue weighted by molar-refractivity contribution is 0.283. The molecule has 0 bridgehead atoms. The molecule has 1 aromatic heterocycles. The van der Waals surface area contributed by atoms with Crippen molar-refractivity contribution in [3.05, 3.63) is 21.9 Å². The van der Waals surface area contributed by atoms with Crippen LogP contribution in [0.15, 0.2) is 11.4 Å². The number of thiophene rings is 1. The number of aliphatic hydroxyl groups is 1. The largest absolute Gasteiger partial charge is 0.396 e. The Morgan fingerprint density at radius 2 is 2.31 bits per heavy atom. The highest BCUT2D eigenvalue weighted by molar-refractivity contribution is 7.10. The fraction of sp³-hybridized carbons (Fsp3) is 0.600. The summed E-state index contributed by atoms with van der Waals surface area (Å²) in [5, 5.41) is 14.1. The normalized spacial score (nSPS) is 10.6. The lowest BCUT2D eigenvalue weighted by Gasteiger charge is -2.02. The molecule has 0 radical (unpaired) electrons. The molecular formula is C10H17NOS. The molecule has 0 saturated carbocycles. The van der Waals surface area contributed by atoms with Gasteiger partial charge in [0.05, 0.1) is 0 Å². The molecule has 0 aliphatic heterocycles. The Labute approximate surface area is 83.6 Å². The van der Waals surface area contributed by atoms with Crippen LogP contribution in [0.5, 0.6) is 0 Å². The number of rotatable bonds is 6. The average Bonchev–Trinajstić information content (AvgIpc) is 2.52. The Morgan fingerprint density at radius 1 is 1.46 bits per heavy atom. The second-order valence-electron chi connectivity index (χ2n) is 3.13. The lowest BCUT2D eigenvalue weighted by atomic mass is 10.3. The Hall–Kier alpha value is -0.380. The molecule has 0 spiro atoms. The number of hydrogen-bond donors (Lipinski definition) is 2. The number of hydrogen-bond acceptors (Lipinski definition) is 3. The Kier molecular flexibility index (Phi) is 5.05. The lowest BCUT2D eigenvalue weighted by Crippen LogP contribution is -2.14. The summed E-state index contributed by atoms with van der Waals surface area (Å²) in [7, 11) is 0. The zero-order valence-corrected chi connectivity index (χ0v) is 8.86. The predicted octanol–water partition coefficient (Wildman–Crippen LogP) is 1.92. The van der Waals surface area contributed by atoms with Crippen LogP contribution in [0.4, 0.5) is 0 Å². The van der Waals surface area contributed by atoms with Gasteiger partial charge in [-0.3, -0.25) is 0 Å². The molecule has 1 heterocycles. The predicted molar refractivity (Wildman–Crippen MR) is 57.1 cm³/mol. The highest BCUT2D eigenvalue weighted by atomic mass is 32.1. The van der Waals surface area contributed by atoms with Gasteiger partial charge in [0.25, 0.3) is 0 Å². The summed E-state index contributed by atoms with van der Waals surface area (Å²) in [6, 6.07) is 2.15. The molecule has 74 valence electrons. The maximum atomic E-state index is 8.57. The van der Waals surface area contributed by atoms with Crippen molar-refractivity contribution in [1.29, 1.82) is 0 Å². The van der Waals surface area contributed by atoms with Gasteiger partial charge in [0.2, 0.25) is 0 Å². The third-order valence-corrected chi connectivity index (χ3v) is 3.04. The standard InChI is InChI=1S/C10H17NOS/c1-9-4-7-13-10(9)8-11-5-2-3-6-12/h4,7,11-12H,2-3,5-6,8H2,1H3. The fourth-order valence-electron chi connectivity index (χ4n) is 1.15. The van der Waals surface area contributed by atoms with Gasteiger partial charge in [-0.15, -0.1) is 11.3 Å². The van der Waals surface area contributed by atoms with E-state index in [2.05, 4.69) is 23.7 Å². The zero-order chi connectivity index (χ0) is 9.52. The van der Waals surface area contributed by atoms with Crippen molar-refractivity contribution in [1.82, 2.24) is 5.32 Å². The van der Waals surface area contributed by atoms with Gasteiger partial charge >= 0.3 is 0 Å². The van der Waals surface area contributed by atoms with Gasteiger partial charge in [-0.25, -0.2) is 0 Å². The van der Waals surface area contributed by atoms with Gasteiger partial charge in [-0.1, -0.05) is 0 Å². The molecule has 1 aromatic rings. The second-order valence-corrected chi connectivity index (χ2v) is 4.13. The van der Waals surface area contributed by atoms with E-state index in [0.717, 1.165) is 25.9 Å². The molecule has 0 unspecified atom stereocenters. The Morgan fingerprint density at radius 3 is 2.92 bits per heavy atom. The van der Waals surface area contributed by atoms with Gasteiger partial charge < -0.3 is 10.4 Å². The smallest absolute Gasteiger partial charge is 0.0431 e. The highest BCUT2D eigenvalue weighted by Crippen LogP contribution is 2.14.